The van der Waals surface area contributed by atoms with Gasteiger partial charge in [0, 0.05) is 31.6 Å². The van der Waals surface area contributed by atoms with Crippen LogP contribution < -0.4 is 11.0 Å². The number of aromatic nitrogens is 2. The quantitative estimate of drug-likeness (QED) is 0.777. The predicted octanol–water partition coefficient (Wildman–Crippen LogP) is 1.74. The van der Waals surface area contributed by atoms with Crippen LogP contribution in [0.4, 0.5) is 0 Å². The Morgan fingerprint density at radius 1 is 1.29 bits per heavy atom. The fourth-order valence-electron chi connectivity index (χ4n) is 3.21. The zero-order valence-corrected chi connectivity index (χ0v) is 13.3. The number of aromatic amines is 1. The summed E-state index contributed by atoms with van der Waals surface area (Å²) >= 11 is 0. The van der Waals surface area contributed by atoms with Crippen LogP contribution in [0.3, 0.4) is 0 Å². The minimum Gasteiger partial charge on any atom is -0.464 e. The summed E-state index contributed by atoms with van der Waals surface area (Å²) in [6.45, 7) is 3.49. The highest BCUT2D eigenvalue weighted by molar-refractivity contribution is 5.76. The monoisotopic (exact) mass is 323 g/mol. The molecule has 1 N–H and O–H groups in total. The van der Waals surface area contributed by atoms with E-state index in [0.717, 1.165) is 12.2 Å². The zero-order chi connectivity index (χ0) is 16.7. The lowest BCUT2D eigenvalue weighted by Crippen LogP contribution is -2.36. The van der Waals surface area contributed by atoms with Crippen LogP contribution in [0.2, 0.25) is 0 Å². The summed E-state index contributed by atoms with van der Waals surface area (Å²) in [5, 5.41) is 0.586. The van der Waals surface area contributed by atoms with Crippen molar-refractivity contribution in [2.45, 2.75) is 26.4 Å². The van der Waals surface area contributed by atoms with Gasteiger partial charge in [0.2, 0.25) is 0 Å². The van der Waals surface area contributed by atoms with Gasteiger partial charge in [-0.05, 0) is 19.1 Å². The maximum atomic E-state index is 12.6. The lowest BCUT2D eigenvalue weighted by Gasteiger charge is -2.27. The van der Waals surface area contributed by atoms with E-state index in [4.69, 9.17) is 4.42 Å². The number of nitrogens with one attached hydrogen (secondary N) is 1. The Bertz CT molecular complexity index is 1040. The van der Waals surface area contributed by atoms with Gasteiger partial charge in [-0.25, -0.2) is 4.98 Å². The normalized spacial score (nSPS) is 14.7. The predicted molar refractivity (Wildman–Crippen MR) is 89.9 cm³/mol. The third-order valence-electron chi connectivity index (χ3n) is 4.41. The Kier molecular flexibility index (Phi) is 3.54. The molecular formula is C18H17N3O3. The summed E-state index contributed by atoms with van der Waals surface area (Å²) < 4.78 is 5.57. The van der Waals surface area contributed by atoms with E-state index < -0.39 is 0 Å². The van der Waals surface area contributed by atoms with E-state index >= 15 is 0 Å². The lowest BCUT2D eigenvalue weighted by atomic mass is 10.1. The van der Waals surface area contributed by atoms with Crippen LogP contribution in [0.15, 0.2) is 44.5 Å². The Labute approximate surface area is 137 Å². The highest BCUT2D eigenvalue weighted by Crippen LogP contribution is 2.17. The molecule has 0 saturated carbocycles. The molecule has 3 heterocycles. The average Bonchev–Trinajstić information content (AvgIpc) is 2.58. The van der Waals surface area contributed by atoms with Crippen LogP contribution in [0.5, 0.6) is 0 Å². The van der Waals surface area contributed by atoms with Crippen molar-refractivity contribution in [2.75, 3.05) is 6.54 Å². The molecule has 6 nitrogen and oxygen atoms in total. The standard InChI is InChI=1S/C18H17N3O3/c1-11-19-15-6-7-21(9-14(15)18(23)20-11)8-12-10-24-16-5-3-2-4-13(16)17(12)22/h2-5,10H,6-9H2,1H3,(H,19,20,23). The molecule has 0 spiro atoms. The first-order valence-electron chi connectivity index (χ1n) is 7.92. The van der Waals surface area contributed by atoms with Crippen molar-refractivity contribution >= 4 is 11.0 Å². The van der Waals surface area contributed by atoms with Crippen LogP contribution in [-0.2, 0) is 19.5 Å². The smallest absolute Gasteiger partial charge is 0.255 e. The third-order valence-corrected chi connectivity index (χ3v) is 4.41. The molecule has 2 aromatic heterocycles. The molecule has 0 radical (unpaired) electrons. The molecule has 0 unspecified atom stereocenters. The zero-order valence-electron chi connectivity index (χ0n) is 13.3. The molecular weight excluding hydrogens is 306 g/mol. The highest BCUT2D eigenvalue weighted by atomic mass is 16.3. The van der Waals surface area contributed by atoms with Crippen LogP contribution in [0.25, 0.3) is 11.0 Å². The number of para-hydroxylation sites is 1. The molecule has 6 heteroatoms. The fourth-order valence-corrected chi connectivity index (χ4v) is 3.21. The van der Waals surface area contributed by atoms with E-state index in [1.54, 1.807) is 19.1 Å². The molecule has 0 atom stereocenters. The van der Waals surface area contributed by atoms with E-state index in [9.17, 15) is 9.59 Å². The summed E-state index contributed by atoms with van der Waals surface area (Å²) in [4.78, 5) is 34.0. The first kappa shape index (κ1) is 14.8. The number of rotatable bonds is 2. The van der Waals surface area contributed by atoms with Gasteiger partial charge in [0.1, 0.15) is 11.4 Å². The first-order valence-corrected chi connectivity index (χ1v) is 7.92. The Morgan fingerprint density at radius 2 is 2.12 bits per heavy atom. The number of nitrogens with zero attached hydrogens (tertiary/aromatic N) is 2. The van der Waals surface area contributed by atoms with Gasteiger partial charge in [-0.3, -0.25) is 14.5 Å². The minimum atomic E-state index is -0.0901. The van der Waals surface area contributed by atoms with Crippen LogP contribution in [-0.4, -0.2) is 21.4 Å². The topological polar surface area (TPSA) is 79.2 Å². The van der Waals surface area contributed by atoms with Crippen LogP contribution >= 0.6 is 0 Å². The number of hydrogen-bond donors (Lipinski definition) is 1. The highest BCUT2D eigenvalue weighted by Gasteiger charge is 2.21. The van der Waals surface area contributed by atoms with Crippen molar-refractivity contribution < 1.29 is 4.42 Å². The van der Waals surface area contributed by atoms with Gasteiger partial charge in [0.15, 0.2) is 5.43 Å². The largest absolute Gasteiger partial charge is 0.464 e. The van der Waals surface area contributed by atoms with Crippen LogP contribution in [0, 0.1) is 6.92 Å². The van der Waals surface area contributed by atoms with Gasteiger partial charge in [0.25, 0.3) is 5.56 Å². The second-order valence-corrected chi connectivity index (χ2v) is 6.12. The summed E-state index contributed by atoms with van der Waals surface area (Å²) in [6, 6.07) is 7.22. The van der Waals surface area contributed by atoms with E-state index in [0.29, 0.717) is 47.4 Å². The van der Waals surface area contributed by atoms with Gasteiger partial charge in [-0.2, -0.15) is 0 Å². The lowest BCUT2D eigenvalue weighted by molar-refractivity contribution is 0.239. The SMILES string of the molecule is Cc1nc2c(c(=O)[nH]1)CN(Cc1coc3ccccc3c1=O)CC2. The molecule has 24 heavy (non-hydrogen) atoms. The number of fused-ring (bicyclic) bond motifs is 2. The van der Waals surface area contributed by atoms with Gasteiger partial charge >= 0.3 is 0 Å². The first-order chi connectivity index (χ1) is 11.6. The molecule has 0 fully saturated rings. The third kappa shape index (κ3) is 2.55. The molecule has 0 aliphatic carbocycles. The average molecular weight is 323 g/mol. The molecule has 1 aromatic carbocycles. The van der Waals surface area contributed by atoms with Crippen molar-refractivity contribution in [3.05, 3.63) is 73.8 Å². The molecule has 1 aliphatic heterocycles. The number of aryl methyl sites for hydroxylation is 1. The van der Waals surface area contributed by atoms with E-state index in [1.807, 2.05) is 12.1 Å². The maximum absolute atomic E-state index is 12.6. The van der Waals surface area contributed by atoms with Crippen molar-refractivity contribution in [1.82, 2.24) is 14.9 Å². The summed E-state index contributed by atoms with van der Waals surface area (Å²) in [7, 11) is 0. The summed E-state index contributed by atoms with van der Waals surface area (Å²) in [6.07, 6.45) is 2.23. The second-order valence-electron chi connectivity index (χ2n) is 6.12. The van der Waals surface area contributed by atoms with Crippen molar-refractivity contribution in [2.24, 2.45) is 0 Å². The van der Waals surface area contributed by atoms with E-state index in [1.165, 1.54) is 6.26 Å². The van der Waals surface area contributed by atoms with Gasteiger partial charge in [0.05, 0.1) is 22.9 Å². The molecule has 122 valence electrons. The Balaban J connectivity index is 1.64. The molecule has 0 saturated heterocycles. The molecule has 3 aromatic rings. The van der Waals surface area contributed by atoms with Gasteiger partial charge in [-0.15, -0.1) is 0 Å². The van der Waals surface area contributed by atoms with Gasteiger partial charge in [-0.1, -0.05) is 12.1 Å². The second kappa shape index (κ2) is 5.72. The van der Waals surface area contributed by atoms with E-state index in [-0.39, 0.29) is 11.0 Å². The van der Waals surface area contributed by atoms with Crippen LogP contribution in [0.1, 0.15) is 22.6 Å². The van der Waals surface area contributed by atoms with Gasteiger partial charge < -0.3 is 9.40 Å². The fraction of sp³-hybridized carbons (Fsp3) is 0.278. The minimum absolute atomic E-state index is 0.0152. The molecule has 4 rings (SSSR count). The van der Waals surface area contributed by atoms with Crippen molar-refractivity contribution in [3.63, 3.8) is 0 Å². The number of hydrogen-bond acceptors (Lipinski definition) is 5. The maximum Gasteiger partial charge on any atom is 0.255 e. The summed E-state index contributed by atoms with van der Waals surface area (Å²) in [5.74, 6) is 0.641. The molecule has 0 amide bonds. The molecule has 1 aliphatic rings. The number of H-pyrrole nitrogens is 1. The Morgan fingerprint density at radius 3 is 3.00 bits per heavy atom. The Hall–Kier alpha value is -2.73. The van der Waals surface area contributed by atoms with E-state index in [2.05, 4.69) is 14.9 Å². The van der Waals surface area contributed by atoms with Crippen molar-refractivity contribution in [3.8, 4) is 0 Å². The summed E-state index contributed by atoms with van der Waals surface area (Å²) in [5.41, 5.74) is 2.64. The number of benzene rings is 1. The van der Waals surface area contributed by atoms with Crippen molar-refractivity contribution in [1.29, 1.82) is 0 Å². The molecule has 0 bridgehead atoms.